The van der Waals surface area contributed by atoms with E-state index in [9.17, 15) is 0 Å². The molecule has 0 atom stereocenters. The van der Waals surface area contributed by atoms with Crippen LogP contribution in [0.3, 0.4) is 0 Å². The number of hydrogen-bond acceptors (Lipinski definition) is 2. The lowest BCUT2D eigenvalue weighted by Gasteiger charge is -2.15. The zero-order valence-corrected chi connectivity index (χ0v) is 14.0. The third-order valence-corrected chi connectivity index (χ3v) is 3.87. The van der Waals surface area contributed by atoms with Crippen molar-refractivity contribution in [2.24, 2.45) is 0 Å². The SMILES string of the molecule is COc1ccc(Br)cc1CNc1c(C)cc(C)cc1C. The molecule has 0 heterocycles. The highest BCUT2D eigenvalue weighted by Crippen LogP contribution is 2.26. The summed E-state index contributed by atoms with van der Waals surface area (Å²) in [6.07, 6.45) is 0. The number of halogens is 1. The molecule has 0 spiro atoms. The van der Waals surface area contributed by atoms with Crippen molar-refractivity contribution < 1.29 is 4.74 Å². The Morgan fingerprint density at radius 2 is 1.70 bits per heavy atom. The Kier molecular flexibility index (Phi) is 4.71. The molecule has 0 aliphatic heterocycles. The second kappa shape index (κ2) is 6.31. The van der Waals surface area contributed by atoms with Crippen LogP contribution in [-0.2, 0) is 6.54 Å². The third-order valence-electron chi connectivity index (χ3n) is 3.38. The van der Waals surface area contributed by atoms with Gasteiger partial charge in [-0.15, -0.1) is 0 Å². The van der Waals surface area contributed by atoms with Crippen molar-refractivity contribution in [3.8, 4) is 5.75 Å². The van der Waals surface area contributed by atoms with Crippen LogP contribution in [0.5, 0.6) is 5.75 Å². The summed E-state index contributed by atoms with van der Waals surface area (Å²) in [6.45, 7) is 7.15. The normalized spacial score (nSPS) is 10.4. The number of nitrogens with one attached hydrogen (secondary N) is 1. The summed E-state index contributed by atoms with van der Waals surface area (Å²) < 4.78 is 6.47. The summed E-state index contributed by atoms with van der Waals surface area (Å²) in [5.74, 6) is 0.906. The first kappa shape index (κ1) is 14.9. The molecule has 0 aromatic heterocycles. The van der Waals surface area contributed by atoms with Crippen LogP contribution < -0.4 is 10.1 Å². The van der Waals surface area contributed by atoms with Gasteiger partial charge in [0.25, 0.3) is 0 Å². The van der Waals surface area contributed by atoms with Crippen LogP contribution in [0.1, 0.15) is 22.3 Å². The molecule has 0 saturated heterocycles. The third kappa shape index (κ3) is 3.34. The molecule has 0 fully saturated rings. The Labute approximate surface area is 129 Å². The average molecular weight is 334 g/mol. The van der Waals surface area contributed by atoms with Crippen molar-refractivity contribution in [2.45, 2.75) is 27.3 Å². The van der Waals surface area contributed by atoms with Gasteiger partial charge in [0.1, 0.15) is 5.75 Å². The van der Waals surface area contributed by atoms with Crippen LogP contribution in [0.15, 0.2) is 34.8 Å². The molecule has 0 amide bonds. The van der Waals surface area contributed by atoms with Gasteiger partial charge in [0.15, 0.2) is 0 Å². The lowest BCUT2D eigenvalue weighted by Crippen LogP contribution is -2.05. The number of benzene rings is 2. The summed E-state index contributed by atoms with van der Waals surface area (Å²) in [7, 11) is 1.70. The van der Waals surface area contributed by atoms with Crippen molar-refractivity contribution in [3.63, 3.8) is 0 Å². The van der Waals surface area contributed by atoms with E-state index >= 15 is 0 Å². The molecule has 0 bridgehead atoms. The first-order valence-corrected chi connectivity index (χ1v) is 7.44. The lowest BCUT2D eigenvalue weighted by atomic mass is 10.0. The molecule has 2 nitrogen and oxygen atoms in total. The maximum atomic E-state index is 5.41. The summed E-state index contributed by atoms with van der Waals surface area (Å²) in [5.41, 5.74) is 6.19. The molecule has 3 heteroatoms. The Balaban J connectivity index is 2.23. The second-order valence-electron chi connectivity index (χ2n) is 5.08. The topological polar surface area (TPSA) is 21.3 Å². The summed E-state index contributed by atoms with van der Waals surface area (Å²) in [4.78, 5) is 0. The maximum Gasteiger partial charge on any atom is 0.123 e. The second-order valence-corrected chi connectivity index (χ2v) is 6.00. The minimum absolute atomic E-state index is 0.743. The van der Waals surface area contributed by atoms with Crippen LogP contribution in [0, 0.1) is 20.8 Å². The van der Waals surface area contributed by atoms with Gasteiger partial charge in [-0.1, -0.05) is 33.6 Å². The highest BCUT2D eigenvalue weighted by atomic mass is 79.9. The van der Waals surface area contributed by atoms with Gasteiger partial charge < -0.3 is 10.1 Å². The van der Waals surface area contributed by atoms with Crippen LogP contribution in [0.2, 0.25) is 0 Å². The van der Waals surface area contributed by atoms with E-state index in [4.69, 9.17) is 4.74 Å². The highest BCUT2D eigenvalue weighted by molar-refractivity contribution is 9.10. The molecular weight excluding hydrogens is 314 g/mol. The smallest absolute Gasteiger partial charge is 0.123 e. The Morgan fingerprint density at radius 1 is 1.05 bits per heavy atom. The molecule has 20 heavy (non-hydrogen) atoms. The Hall–Kier alpha value is -1.48. The fraction of sp³-hybridized carbons (Fsp3) is 0.294. The highest BCUT2D eigenvalue weighted by Gasteiger charge is 2.07. The first-order chi connectivity index (χ1) is 9.51. The summed E-state index contributed by atoms with van der Waals surface area (Å²) in [6, 6.07) is 10.5. The Bertz CT molecular complexity index is 599. The largest absolute Gasteiger partial charge is 0.496 e. The van der Waals surface area contributed by atoms with Crippen LogP contribution >= 0.6 is 15.9 Å². The van der Waals surface area contributed by atoms with Gasteiger partial charge in [-0.05, 0) is 50.1 Å². The van der Waals surface area contributed by atoms with Crippen molar-refractivity contribution in [1.82, 2.24) is 0 Å². The fourth-order valence-corrected chi connectivity index (χ4v) is 2.94. The van der Waals surface area contributed by atoms with E-state index in [1.54, 1.807) is 7.11 Å². The minimum Gasteiger partial charge on any atom is -0.496 e. The minimum atomic E-state index is 0.743. The zero-order valence-electron chi connectivity index (χ0n) is 12.4. The van der Waals surface area contributed by atoms with Gasteiger partial charge in [0, 0.05) is 22.3 Å². The maximum absolute atomic E-state index is 5.41. The molecule has 0 radical (unpaired) electrons. The van der Waals surface area contributed by atoms with Gasteiger partial charge in [-0.25, -0.2) is 0 Å². The fourth-order valence-electron chi connectivity index (χ4n) is 2.53. The number of anilines is 1. The van der Waals surface area contributed by atoms with E-state index in [1.807, 2.05) is 12.1 Å². The summed E-state index contributed by atoms with van der Waals surface area (Å²) >= 11 is 3.51. The van der Waals surface area contributed by atoms with E-state index in [0.717, 1.165) is 22.3 Å². The average Bonchev–Trinajstić information content (AvgIpc) is 2.37. The molecule has 1 N–H and O–H groups in total. The van der Waals surface area contributed by atoms with Crippen LogP contribution in [0.25, 0.3) is 0 Å². The van der Waals surface area contributed by atoms with Crippen molar-refractivity contribution in [2.75, 3.05) is 12.4 Å². The van der Waals surface area contributed by atoms with Gasteiger partial charge in [0.05, 0.1) is 7.11 Å². The van der Waals surface area contributed by atoms with E-state index in [-0.39, 0.29) is 0 Å². The van der Waals surface area contributed by atoms with Gasteiger partial charge in [-0.2, -0.15) is 0 Å². The Morgan fingerprint density at radius 3 is 2.30 bits per heavy atom. The number of methoxy groups -OCH3 is 1. The zero-order chi connectivity index (χ0) is 14.7. The molecular formula is C17H20BrNO. The molecule has 0 aliphatic carbocycles. The predicted octanol–water partition coefficient (Wildman–Crippen LogP) is 5.00. The number of ether oxygens (including phenoxy) is 1. The predicted molar refractivity (Wildman–Crippen MR) is 88.7 cm³/mol. The van der Waals surface area contributed by atoms with E-state index in [1.165, 1.54) is 22.4 Å². The van der Waals surface area contributed by atoms with E-state index in [0.29, 0.717) is 0 Å². The van der Waals surface area contributed by atoms with Crippen molar-refractivity contribution in [3.05, 3.63) is 57.1 Å². The molecule has 0 aliphatic rings. The van der Waals surface area contributed by atoms with Gasteiger partial charge >= 0.3 is 0 Å². The summed E-state index contributed by atoms with van der Waals surface area (Å²) in [5, 5.41) is 3.53. The van der Waals surface area contributed by atoms with E-state index < -0.39 is 0 Å². The van der Waals surface area contributed by atoms with Crippen molar-refractivity contribution >= 4 is 21.6 Å². The van der Waals surface area contributed by atoms with Gasteiger partial charge in [0.2, 0.25) is 0 Å². The lowest BCUT2D eigenvalue weighted by molar-refractivity contribution is 0.410. The molecule has 2 aromatic carbocycles. The van der Waals surface area contributed by atoms with Crippen LogP contribution in [-0.4, -0.2) is 7.11 Å². The van der Waals surface area contributed by atoms with E-state index in [2.05, 4.69) is 60.2 Å². The molecule has 106 valence electrons. The molecule has 0 unspecified atom stereocenters. The molecule has 0 saturated carbocycles. The number of hydrogen-bond donors (Lipinski definition) is 1. The molecule has 2 rings (SSSR count). The van der Waals surface area contributed by atoms with Crippen molar-refractivity contribution in [1.29, 1.82) is 0 Å². The number of rotatable bonds is 4. The first-order valence-electron chi connectivity index (χ1n) is 6.65. The van der Waals surface area contributed by atoms with Crippen LogP contribution in [0.4, 0.5) is 5.69 Å². The monoisotopic (exact) mass is 333 g/mol. The standard InChI is InChI=1S/C17H20BrNO/c1-11-7-12(2)17(13(3)8-11)19-10-14-9-15(18)5-6-16(14)20-4/h5-9,19H,10H2,1-4H3. The quantitative estimate of drug-likeness (QED) is 0.850. The number of aryl methyl sites for hydroxylation is 3. The molecule has 2 aromatic rings. The van der Waals surface area contributed by atoms with Gasteiger partial charge in [-0.3, -0.25) is 0 Å².